The summed E-state index contributed by atoms with van der Waals surface area (Å²) in [5.74, 6) is -0.0950. The van der Waals surface area contributed by atoms with Crippen LogP contribution in [0.2, 0.25) is 0 Å². The highest BCUT2D eigenvalue weighted by Crippen LogP contribution is 2.14. The van der Waals surface area contributed by atoms with E-state index < -0.39 is 0 Å². The van der Waals surface area contributed by atoms with Gasteiger partial charge in [-0.3, -0.25) is 14.4 Å². The second-order valence-corrected chi connectivity index (χ2v) is 5.90. The van der Waals surface area contributed by atoms with E-state index >= 15 is 0 Å². The lowest BCUT2D eigenvalue weighted by atomic mass is 10.2. The molecule has 0 aliphatic heterocycles. The summed E-state index contributed by atoms with van der Waals surface area (Å²) in [5, 5.41) is 16.1. The quantitative estimate of drug-likeness (QED) is 0.785. The van der Waals surface area contributed by atoms with Gasteiger partial charge in [-0.05, 0) is 26.5 Å². The Labute approximate surface area is 142 Å². The largest absolute Gasteiger partial charge is 0.351 e. The smallest absolute Gasteiger partial charge is 0.234 e. The van der Waals surface area contributed by atoms with Gasteiger partial charge in [-0.1, -0.05) is 30.3 Å². The molecule has 1 aromatic carbocycles. The minimum absolute atomic E-state index is 0.0950. The molecule has 0 bridgehead atoms. The molecule has 0 unspecified atom stereocenters. The van der Waals surface area contributed by atoms with Crippen molar-refractivity contribution in [3.8, 4) is 6.07 Å². The fraction of sp³-hybridized carbons (Fsp3) is 0.389. The first-order valence-corrected chi connectivity index (χ1v) is 7.90. The third kappa shape index (κ3) is 4.67. The maximum Gasteiger partial charge on any atom is 0.234 e. The van der Waals surface area contributed by atoms with Crippen molar-refractivity contribution in [3.63, 3.8) is 0 Å². The number of nitrogens with one attached hydrogen (secondary N) is 1. The Kier molecular flexibility index (Phi) is 6.10. The molecule has 6 heteroatoms. The van der Waals surface area contributed by atoms with E-state index in [0.29, 0.717) is 13.1 Å². The third-order valence-electron chi connectivity index (χ3n) is 3.92. The number of likely N-dealkylation sites (N-methyl/N-ethyl adjacent to an activating group) is 1. The summed E-state index contributed by atoms with van der Waals surface area (Å²) in [5.41, 5.74) is 4.22. The summed E-state index contributed by atoms with van der Waals surface area (Å²) in [4.78, 5) is 13.6. The molecule has 126 valence electrons. The SMILES string of the molecule is Cc1nn(Cc2ccccc2)c(C)c1CNC(=O)CN(C)CC#N. The molecule has 0 aliphatic rings. The molecule has 1 heterocycles. The van der Waals surface area contributed by atoms with Gasteiger partial charge in [0.2, 0.25) is 5.91 Å². The molecule has 24 heavy (non-hydrogen) atoms. The first kappa shape index (κ1) is 17.7. The van der Waals surface area contributed by atoms with E-state index in [-0.39, 0.29) is 19.0 Å². The van der Waals surface area contributed by atoms with Crippen LogP contribution in [0.15, 0.2) is 30.3 Å². The van der Waals surface area contributed by atoms with Crippen LogP contribution in [0.1, 0.15) is 22.5 Å². The molecular weight excluding hydrogens is 302 g/mol. The number of amides is 1. The van der Waals surface area contributed by atoms with Gasteiger partial charge >= 0.3 is 0 Å². The van der Waals surface area contributed by atoms with Crippen molar-refractivity contribution in [1.82, 2.24) is 20.0 Å². The molecule has 0 spiro atoms. The van der Waals surface area contributed by atoms with Crippen molar-refractivity contribution >= 4 is 5.91 Å². The number of rotatable bonds is 7. The van der Waals surface area contributed by atoms with Gasteiger partial charge in [-0.15, -0.1) is 0 Å². The van der Waals surface area contributed by atoms with Crippen LogP contribution in [-0.2, 0) is 17.9 Å². The summed E-state index contributed by atoms with van der Waals surface area (Å²) in [6, 6.07) is 12.2. The summed E-state index contributed by atoms with van der Waals surface area (Å²) < 4.78 is 1.97. The number of benzene rings is 1. The zero-order valence-electron chi connectivity index (χ0n) is 14.4. The third-order valence-corrected chi connectivity index (χ3v) is 3.92. The molecule has 0 atom stereocenters. The second kappa shape index (κ2) is 8.27. The van der Waals surface area contributed by atoms with E-state index in [1.807, 2.05) is 42.8 Å². The van der Waals surface area contributed by atoms with E-state index in [9.17, 15) is 4.79 Å². The lowest BCUT2D eigenvalue weighted by Crippen LogP contribution is -2.35. The lowest BCUT2D eigenvalue weighted by molar-refractivity contribution is -0.122. The summed E-state index contributed by atoms with van der Waals surface area (Å²) in [6.45, 7) is 5.59. The fourth-order valence-corrected chi connectivity index (χ4v) is 2.56. The monoisotopic (exact) mass is 325 g/mol. The minimum atomic E-state index is -0.0950. The number of hydrogen-bond acceptors (Lipinski definition) is 4. The number of nitrogens with zero attached hydrogens (tertiary/aromatic N) is 4. The zero-order valence-corrected chi connectivity index (χ0v) is 14.4. The summed E-state index contributed by atoms with van der Waals surface area (Å²) >= 11 is 0. The van der Waals surface area contributed by atoms with Gasteiger partial charge in [0.25, 0.3) is 0 Å². The lowest BCUT2D eigenvalue weighted by Gasteiger charge is -2.12. The van der Waals surface area contributed by atoms with Gasteiger partial charge in [0, 0.05) is 17.8 Å². The van der Waals surface area contributed by atoms with Gasteiger partial charge in [0.15, 0.2) is 0 Å². The van der Waals surface area contributed by atoms with Crippen molar-refractivity contribution < 1.29 is 4.79 Å². The van der Waals surface area contributed by atoms with Crippen LogP contribution in [-0.4, -0.2) is 40.7 Å². The van der Waals surface area contributed by atoms with E-state index in [0.717, 1.165) is 17.0 Å². The molecule has 2 aromatic rings. The highest BCUT2D eigenvalue weighted by Gasteiger charge is 2.13. The molecule has 0 fully saturated rings. The van der Waals surface area contributed by atoms with Gasteiger partial charge < -0.3 is 5.32 Å². The number of carbonyl (C=O) groups excluding carboxylic acids is 1. The molecule has 1 amide bonds. The molecular formula is C18H23N5O. The Balaban J connectivity index is 1.99. The number of nitriles is 1. The first-order chi connectivity index (χ1) is 11.5. The van der Waals surface area contributed by atoms with Crippen molar-refractivity contribution in [2.24, 2.45) is 0 Å². The number of carbonyl (C=O) groups is 1. The van der Waals surface area contributed by atoms with Gasteiger partial charge in [0.05, 0.1) is 31.4 Å². The molecule has 2 rings (SSSR count). The Morgan fingerprint density at radius 2 is 2.04 bits per heavy atom. The normalized spacial score (nSPS) is 10.6. The van der Waals surface area contributed by atoms with Gasteiger partial charge in [-0.2, -0.15) is 10.4 Å². The Morgan fingerprint density at radius 1 is 1.33 bits per heavy atom. The topological polar surface area (TPSA) is 74.0 Å². The number of hydrogen-bond donors (Lipinski definition) is 1. The molecule has 1 N–H and O–H groups in total. The Bertz CT molecular complexity index is 730. The van der Waals surface area contributed by atoms with Crippen LogP contribution >= 0.6 is 0 Å². The van der Waals surface area contributed by atoms with Gasteiger partial charge in [0.1, 0.15) is 0 Å². The highest BCUT2D eigenvalue weighted by atomic mass is 16.2. The predicted octanol–water partition coefficient (Wildman–Crippen LogP) is 1.62. The standard InChI is InChI=1S/C18H23N5O/c1-14-17(11-20-18(24)13-22(3)10-9-19)15(2)23(21-14)12-16-7-5-4-6-8-16/h4-8H,10-13H2,1-3H3,(H,20,24). The van der Waals surface area contributed by atoms with Crippen molar-refractivity contribution in [2.75, 3.05) is 20.1 Å². The van der Waals surface area contributed by atoms with E-state index in [2.05, 4.69) is 22.5 Å². The number of aryl methyl sites for hydroxylation is 1. The Hall–Kier alpha value is -2.65. The summed E-state index contributed by atoms with van der Waals surface area (Å²) in [7, 11) is 1.75. The van der Waals surface area contributed by atoms with Crippen LogP contribution in [0.3, 0.4) is 0 Å². The van der Waals surface area contributed by atoms with Crippen LogP contribution < -0.4 is 5.32 Å². The van der Waals surface area contributed by atoms with Crippen molar-refractivity contribution in [1.29, 1.82) is 5.26 Å². The predicted molar refractivity (Wildman–Crippen MR) is 92.2 cm³/mol. The molecule has 0 saturated carbocycles. The maximum absolute atomic E-state index is 11.9. The minimum Gasteiger partial charge on any atom is -0.351 e. The van der Waals surface area contributed by atoms with E-state index in [1.54, 1.807) is 11.9 Å². The highest BCUT2D eigenvalue weighted by molar-refractivity contribution is 5.78. The molecule has 0 aliphatic carbocycles. The molecule has 1 aromatic heterocycles. The van der Waals surface area contributed by atoms with Crippen LogP contribution in [0.4, 0.5) is 0 Å². The fourth-order valence-electron chi connectivity index (χ4n) is 2.56. The van der Waals surface area contributed by atoms with E-state index in [1.165, 1.54) is 5.56 Å². The van der Waals surface area contributed by atoms with Crippen LogP contribution in [0, 0.1) is 25.2 Å². The maximum atomic E-state index is 11.9. The van der Waals surface area contributed by atoms with E-state index in [4.69, 9.17) is 5.26 Å². The average Bonchev–Trinajstić information content (AvgIpc) is 2.80. The van der Waals surface area contributed by atoms with Gasteiger partial charge in [-0.25, -0.2) is 0 Å². The van der Waals surface area contributed by atoms with Crippen molar-refractivity contribution in [2.45, 2.75) is 26.9 Å². The second-order valence-electron chi connectivity index (χ2n) is 5.90. The first-order valence-electron chi connectivity index (χ1n) is 7.90. The molecule has 0 saturated heterocycles. The van der Waals surface area contributed by atoms with Crippen LogP contribution in [0.25, 0.3) is 0 Å². The van der Waals surface area contributed by atoms with Crippen molar-refractivity contribution in [3.05, 3.63) is 52.8 Å². The number of aromatic nitrogens is 2. The zero-order chi connectivity index (χ0) is 17.5. The average molecular weight is 325 g/mol. The van der Waals surface area contributed by atoms with Crippen LogP contribution in [0.5, 0.6) is 0 Å². The molecule has 0 radical (unpaired) electrons. The Morgan fingerprint density at radius 3 is 2.71 bits per heavy atom. The summed E-state index contributed by atoms with van der Waals surface area (Å²) in [6.07, 6.45) is 0. The molecule has 6 nitrogen and oxygen atoms in total.